The molecule has 0 spiro atoms. The second kappa shape index (κ2) is 8.87. The van der Waals surface area contributed by atoms with Gasteiger partial charge in [-0.2, -0.15) is 0 Å². The van der Waals surface area contributed by atoms with Crippen LogP contribution in [0.5, 0.6) is 11.5 Å². The molecule has 0 unspecified atom stereocenters. The number of rotatable bonds is 9. The van der Waals surface area contributed by atoms with Gasteiger partial charge in [-0.3, -0.25) is 4.72 Å². The predicted molar refractivity (Wildman–Crippen MR) is 120 cm³/mol. The van der Waals surface area contributed by atoms with Crippen molar-refractivity contribution in [1.82, 2.24) is 4.90 Å². The van der Waals surface area contributed by atoms with E-state index in [-0.39, 0.29) is 16.3 Å². The van der Waals surface area contributed by atoms with Gasteiger partial charge in [-0.1, -0.05) is 18.2 Å². The number of fused-ring (bicyclic) bond motifs is 3. The van der Waals surface area contributed by atoms with Crippen LogP contribution >= 0.6 is 0 Å². The summed E-state index contributed by atoms with van der Waals surface area (Å²) >= 11 is 0. The van der Waals surface area contributed by atoms with E-state index >= 15 is 0 Å². The van der Waals surface area contributed by atoms with E-state index in [0.29, 0.717) is 36.4 Å². The molecule has 2 aromatic rings. The van der Waals surface area contributed by atoms with Crippen LogP contribution in [0.15, 0.2) is 41.3 Å². The summed E-state index contributed by atoms with van der Waals surface area (Å²) in [6, 6.07) is 9.89. The third-order valence-electron chi connectivity index (χ3n) is 5.61. The van der Waals surface area contributed by atoms with Crippen molar-refractivity contribution in [2.24, 2.45) is 5.92 Å². The molecule has 2 aromatic carbocycles. The van der Waals surface area contributed by atoms with E-state index in [9.17, 15) is 18.3 Å². The summed E-state index contributed by atoms with van der Waals surface area (Å²) in [6.07, 6.45) is 0.274. The Morgan fingerprint density at radius 3 is 2.75 bits per heavy atom. The number of benzene rings is 2. The van der Waals surface area contributed by atoms with Gasteiger partial charge in [-0.25, -0.2) is 13.2 Å². The molecule has 0 bridgehead atoms. The molecule has 10 heteroatoms. The van der Waals surface area contributed by atoms with Gasteiger partial charge in [0.25, 0.3) is 10.0 Å². The highest BCUT2D eigenvalue weighted by atomic mass is 32.2. The zero-order valence-corrected chi connectivity index (χ0v) is 18.8. The fraction of sp³-hybridized carbons (Fsp3) is 0.409. The first kappa shape index (κ1) is 22.2. The minimum atomic E-state index is -4.04. The Labute approximate surface area is 187 Å². The third-order valence-corrected chi connectivity index (χ3v) is 7.04. The van der Waals surface area contributed by atoms with E-state index in [1.165, 1.54) is 12.1 Å². The Morgan fingerprint density at radius 2 is 2.00 bits per heavy atom. The topological polar surface area (TPSA) is 117 Å². The summed E-state index contributed by atoms with van der Waals surface area (Å²) in [7, 11) is -0.0829. The predicted octanol–water partition coefficient (Wildman–Crippen LogP) is 3.40. The monoisotopic (exact) mass is 461 g/mol. The number of sulfonamides is 1. The molecule has 0 amide bonds. The highest BCUT2D eigenvalue weighted by Gasteiger charge is 2.45. The van der Waals surface area contributed by atoms with Crippen molar-refractivity contribution in [2.45, 2.75) is 23.7 Å². The zero-order valence-electron chi connectivity index (χ0n) is 18.0. The van der Waals surface area contributed by atoms with E-state index in [1.807, 2.05) is 14.1 Å². The van der Waals surface area contributed by atoms with Crippen LogP contribution in [0.1, 0.15) is 24.3 Å². The molecule has 32 heavy (non-hydrogen) atoms. The van der Waals surface area contributed by atoms with E-state index < -0.39 is 16.2 Å². The number of carboxylic acid groups (broad SMARTS) is 1. The second-order valence-corrected chi connectivity index (χ2v) is 9.98. The molecule has 0 saturated heterocycles. The number of ether oxygens (including phenoxy) is 2. The van der Waals surface area contributed by atoms with Gasteiger partial charge in [0.15, 0.2) is 5.75 Å². The van der Waals surface area contributed by atoms with Crippen LogP contribution in [0.3, 0.4) is 0 Å². The third kappa shape index (κ3) is 4.76. The lowest BCUT2D eigenvalue weighted by Gasteiger charge is -2.22. The average molecular weight is 462 g/mol. The number of hydrogen-bond acceptors (Lipinski definition) is 7. The van der Waals surface area contributed by atoms with Crippen LogP contribution in [0.25, 0.3) is 0 Å². The van der Waals surface area contributed by atoms with Gasteiger partial charge >= 0.3 is 6.16 Å². The quantitative estimate of drug-likeness (QED) is 0.296. The lowest BCUT2D eigenvalue weighted by molar-refractivity contribution is 0.141. The largest absolute Gasteiger partial charge is 0.511 e. The Hall–Kier alpha value is -2.98. The molecular weight excluding hydrogens is 434 g/mol. The van der Waals surface area contributed by atoms with Crippen LogP contribution < -0.4 is 19.5 Å². The smallest absolute Gasteiger partial charge is 0.489 e. The highest BCUT2D eigenvalue weighted by molar-refractivity contribution is 7.92. The molecule has 2 aliphatic rings. The zero-order chi connectivity index (χ0) is 22.9. The lowest BCUT2D eigenvalue weighted by atomic mass is 10.0. The normalized spacial score (nSPS) is 18.8. The maximum absolute atomic E-state index is 13.2. The maximum atomic E-state index is 13.2. The standard InChI is InChI=1S/C22H27N3O6S/c1-25(2)11-5-10-23-17-6-3-4-7-19(17)32(28,29)24-18-9-8-15-16-12-14(16)13-30-20(15)21(18)31-22(26)27/h3-4,6-9,14,16,23-24H,5,10-13H2,1-2H3,(H,26,27)/t14-,16-/m0/s1. The first-order valence-corrected chi connectivity index (χ1v) is 12.0. The molecule has 172 valence electrons. The molecule has 1 saturated carbocycles. The number of para-hydroxylation sites is 1. The van der Waals surface area contributed by atoms with Crippen LogP contribution in [0, 0.1) is 5.92 Å². The van der Waals surface area contributed by atoms with Gasteiger partial charge in [0.1, 0.15) is 4.90 Å². The molecule has 1 fully saturated rings. The number of hydrogen-bond donors (Lipinski definition) is 3. The van der Waals surface area contributed by atoms with Crippen LogP contribution in [0.4, 0.5) is 16.2 Å². The van der Waals surface area contributed by atoms with Gasteiger partial charge < -0.3 is 24.8 Å². The summed E-state index contributed by atoms with van der Waals surface area (Å²) in [6.45, 7) is 1.93. The SMILES string of the molecule is CN(C)CCCNc1ccccc1S(=O)(=O)Nc1ccc2c(c1OC(=O)O)OC[C@@H]1C[C@H]21. The van der Waals surface area contributed by atoms with E-state index in [4.69, 9.17) is 9.47 Å². The van der Waals surface area contributed by atoms with Crippen molar-refractivity contribution in [2.75, 3.05) is 43.8 Å². The summed E-state index contributed by atoms with van der Waals surface area (Å²) in [4.78, 5) is 13.4. The highest BCUT2D eigenvalue weighted by Crippen LogP contribution is 2.57. The first-order chi connectivity index (χ1) is 15.3. The summed E-state index contributed by atoms with van der Waals surface area (Å²) < 4.78 is 39.7. The van der Waals surface area contributed by atoms with Crippen LogP contribution in [-0.4, -0.2) is 58.4 Å². The van der Waals surface area contributed by atoms with Crippen LogP contribution in [0.2, 0.25) is 0 Å². The second-order valence-electron chi connectivity index (χ2n) is 8.33. The molecule has 2 atom stereocenters. The first-order valence-electron chi connectivity index (χ1n) is 10.5. The molecule has 4 rings (SSSR count). The molecule has 0 radical (unpaired) electrons. The Kier molecular flexibility index (Phi) is 6.16. The maximum Gasteiger partial charge on any atom is 0.511 e. The van der Waals surface area contributed by atoms with E-state index in [0.717, 1.165) is 24.9 Å². The van der Waals surface area contributed by atoms with Gasteiger partial charge in [-0.15, -0.1) is 0 Å². The Balaban J connectivity index is 1.61. The molecule has 0 aromatic heterocycles. The molecule has 9 nitrogen and oxygen atoms in total. The van der Waals surface area contributed by atoms with Crippen molar-refractivity contribution in [3.8, 4) is 11.5 Å². The minimum Gasteiger partial charge on any atom is -0.489 e. The van der Waals surface area contributed by atoms with Crippen molar-refractivity contribution >= 4 is 27.6 Å². The van der Waals surface area contributed by atoms with Crippen molar-refractivity contribution in [3.05, 3.63) is 42.0 Å². The Bertz CT molecular complexity index is 1120. The fourth-order valence-electron chi connectivity index (χ4n) is 3.96. The Morgan fingerprint density at radius 1 is 1.22 bits per heavy atom. The van der Waals surface area contributed by atoms with Gasteiger partial charge in [0.05, 0.1) is 18.0 Å². The van der Waals surface area contributed by atoms with Gasteiger partial charge in [0.2, 0.25) is 5.75 Å². The molecule has 1 heterocycles. The molecular formula is C22H27N3O6S. The van der Waals surface area contributed by atoms with Crippen molar-refractivity contribution in [1.29, 1.82) is 0 Å². The minimum absolute atomic E-state index is 0.0210. The molecule has 1 aliphatic carbocycles. The average Bonchev–Trinajstić information content (AvgIpc) is 3.52. The molecule has 1 aliphatic heterocycles. The fourth-order valence-corrected chi connectivity index (χ4v) is 5.20. The summed E-state index contributed by atoms with van der Waals surface area (Å²) in [5.41, 5.74) is 1.34. The van der Waals surface area contributed by atoms with E-state index in [2.05, 4.69) is 14.9 Å². The summed E-state index contributed by atoms with van der Waals surface area (Å²) in [5, 5.41) is 12.4. The van der Waals surface area contributed by atoms with Crippen molar-refractivity contribution in [3.63, 3.8) is 0 Å². The summed E-state index contributed by atoms with van der Waals surface area (Å²) in [5.74, 6) is 0.891. The number of anilines is 2. The number of nitrogens with one attached hydrogen (secondary N) is 2. The van der Waals surface area contributed by atoms with Crippen molar-refractivity contribution < 1.29 is 27.8 Å². The lowest BCUT2D eigenvalue weighted by Crippen LogP contribution is -2.19. The van der Waals surface area contributed by atoms with Gasteiger partial charge in [0, 0.05) is 18.0 Å². The number of carbonyl (C=O) groups is 1. The van der Waals surface area contributed by atoms with E-state index in [1.54, 1.807) is 24.3 Å². The van der Waals surface area contributed by atoms with Gasteiger partial charge in [-0.05, 0) is 57.6 Å². The van der Waals surface area contributed by atoms with Crippen LogP contribution in [-0.2, 0) is 10.0 Å². The molecule has 3 N–H and O–H groups in total. The number of nitrogens with zero attached hydrogens (tertiary/aromatic N) is 1.